The standard InChI is InChI=1S/C17H28N2O2/c1-15(20)5-3-4-10-18-11-13-19(14-12-18)16-6-8-17(21-2)9-7-16/h6-9,15,20H,3-5,10-14H2,1-2H3. The van der Waals surface area contributed by atoms with Crippen LogP contribution < -0.4 is 9.64 Å². The van der Waals surface area contributed by atoms with Crippen LogP contribution in [0.5, 0.6) is 5.75 Å². The number of ether oxygens (including phenoxy) is 1. The number of methoxy groups -OCH3 is 1. The maximum absolute atomic E-state index is 9.26. The van der Waals surface area contributed by atoms with Crippen LogP contribution in [0.1, 0.15) is 26.2 Å². The van der Waals surface area contributed by atoms with E-state index < -0.39 is 0 Å². The zero-order chi connectivity index (χ0) is 15.1. The van der Waals surface area contributed by atoms with Gasteiger partial charge in [-0.1, -0.05) is 0 Å². The lowest BCUT2D eigenvalue weighted by molar-refractivity contribution is 0.176. The van der Waals surface area contributed by atoms with E-state index in [0.717, 1.165) is 51.3 Å². The van der Waals surface area contributed by atoms with Crippen molar-refractivity contribution < 1.29 is 9.84 Å². The lowest BCUT2D eigenvalue weighted by Gasteiger charge is -2.36. The molecule has 1 saturated heterocycles. The van der Waals surface area contributed by atoms with Gasteiger partial charge in [-0.15, -0.1) is 0 Å². The Bertz CT molecular complexity index is 398. The number of anilines is 1. The Morgan fingerprint density at radius 3 is 2.33 bits per heavy atom. The van der Waals surface area contributed by atoms with Gasteiger partial charge in [-0.05, 0) is 57.0 Å². The van der Waals surface area contributed by atoms with Crippen molar-refractivity contribution in [1.82, 2.24) is 4.90 Å². The van der Waals surface area contributed by atoms with E-state index in [1.165, 1.54) is 12.1 Å². The van der Waals surface area contributed by atoms with E-state index >= 15 is 0 Å². The van der Waals surface area contributed by atoms with Gasteiger partial charge in [0.05, 0.1) is 13.2 Å². The predicted octanol–water partition coefficient (Wildman–Crippen LogP) is 2.37. The highest BCUT2D eigenvalue weighted by molar-refractivity contribution is 5.49. The molecule has 1 fully saturated rings. The van der Waals surface area contributed by atoms with Crippen LogP contribution in [0, 0.1) is 0 Å². The van der Waals surface area contributed by atoms with E-state index in [1.54, 1.807) is 7.11 Å². The van der Waals surface area contributed by atoms with Crippen molar-refractivity contribution in [2.75, 3.05) is 44.7 Å². The van der Waals surface area contributed by atoms with Gasteiger partial charge in [0.1, 0.15) is 5.75 Å². The van der Waals surface area contributed by atoms with Gasteiger partial charge in [0.2, 0.25) is 0 Å². The van der Waals surface area contributed by atoms with Gasteiger partial charge >= 0.3 is 0 Å². The third-order valence-corrected chi connectivity index (χ3v) is 4.16. The number of aliphatic hydroxyl groups is 1. The Kier molecular flexibility index (Phi) is 6.33. The van der Waals surface area contributed by atoms with E-state index in [4.69, 9.17) is 4.74 Å². The van der Waals surface area contributed by atoms with Crippen LogP contribution in [0.3, 0.4) is 0 Å². The largest absolute Gasteiger partial charge is 0.497 e. The number of hydrogen-bond acceptors (Lipinski definition) is 4. The van der Waals surface area contributed by atoms with E-state index in [0.29, 0.717) is 0 Å². The highest BCUT2D eigenvalue weighted by Gasteiger charge is 2.16. The topological polar surface area (TPSA) is 35.9 Å². The molecule has 1 aromatic rings. The van der Waals surface area contributed by atoms with Gasteiger partial charge in [-0.25, -0.2) is 0 Å². The molecule has 0 radical (unpaired) electrons. The number of unbranched alkanes of at least 4 members (excludes halogenated alkanes) is 1. The van der Waals surface area contributed by atoms with E-state index in [1.807, 2.05) is 19.1 Å². The van der Waals surface area contributed by atoms with Crippen LogP contribution >= 0.6 is 0 Å². The fourth-order valence-corrected chi connectivity index (χ4v) is 2.80. The molecule has 1 aliphatic rings. The first-order valence-corrected chi connectivity index (χ1v) is 7.98. The van der Waals surface area contributed by atoms with Gasteiger partial charge in [0.15, 0.2) is 0 Å². The van der Waals surface area contributed by atoms with Gasteiger partial charge in [0.25, 0.3) is 0 Å². The summed E-state index contributed by atoms with van der Waals surface area (Å²) in [4.78, 5) is 4.97. The van der Waals surface area contributed by atoms with Crippen LogP contribution in [0.25, 0.3) is 0 Å². The fraction of sp³-hybridized carbons (Fsp3) is 0.647. The maximum atomic E-state index is 9.26. The highest BCUT2D eigenvalue weighted by Crippen LogP contribution is 2.20. The smallest absolute Gasteiger partial charge is 0.119 e. The molecule has 4 heteroatoms. The van der Waals surface area contributed by atoms with Crippen molar-refractivity contribution in [2.24, 2.45) is 0 Å². The number of benzene rings is 1. The third kappa shape index (κ3) is 5.21. The number of aliphatic hydroxyl groups excluding tert-OH is 1. The number of rotatable bonds is 7. The van der Waals surface area contributed by atoms with Crippen molar-refractivity contribution in [2.45, 2.75) is 32.3 Å². The lowest BCUT2D eigenvalue weighted by atomic mass is 10.1. The minimum atomic E-state index is -0.156. The number of nitrogens with zero attached hydrogens (tertiary/aromatic N) is 2. The molecule has 1 atom stereocenters. The van der Waals surface area contributed by atoms with Gasteiger partial charge in [-0.2, -0.15) is 0 Å². The van der Waals surface area contributed by atoms with E-state index in [2.05, 4.69) is 21.9 Å². The van der Waals surface area contributed by atoms with Crippen molar-refractivity contribution in [3.8, 4) is 5.75 Å². The Labute approximate surface area is 128 Å². The van der Waals surface area contributed by atoms with Crippen molar-refractivity contribution >= 4 is 5.69 Å². The molecule has 4 nitrogen and oxygen atoms in total. The van der Waals surface area contributed by atoms with Crippen molar-refractivity contribution in [3.63, 3.8) is 0 Å². The van der Waals surface area contributed by atoms with Gasteiger partial charge in [-0.3, -0.25) is 4.90 Å². The molecule has 0 aromatic heterocycles. The first kappa shape index (κ1) is 16.1. The Balaban J connectivity index is 1.70. The molecule has 0 aliphatic carbocycles. The van der Waals surface area contributed by atoms with Crippen molar-refractivity contribution in [1.29, 1.82) is 0 Å². The van der Waals surface area contributed by atoms with Crippen LogP contribution in [0.2, 0.25) is 0 Å². The highest BCUT2D eigenvalue weighted by atomic mass is 16.5. The fourth-order valence-electron chi connectivity index (χ4n) is 2.80. The van der Waals surface area contributed by atoms with Gasteiger partial charge < -0.3 is 14.7 Å². The Morgan fingerprint density at radius 2 is 1.76 bits per heavy atom. The molecule has 0 saturated carbocycles. The summed E-state index contributed by atoms with van der Waals surface area (Å²) in [6, 6.07) is 8.32. The second-order valence-electron chi connectivity index (χ2n) is 5.87. The Hall–Kier alpha value is -1.26. The summed E-state index contributed by atoms with van der Waals surface area (Å²) in [7, 11) is 1.70. The zero-order valence-corrected chi connectivity index (χ0v) is 13.3. The normalized spacial score (nSPS) is 17.8. The summed E-state index contributed by atoms with van der Waals surface area (Å²) in [5, 5.41) is 9.26. The summed E-state index contributed by atoms with van der Waals surface area (Å²) in [5.41, 5.74) is 1.28. The zero-order valence-electron chi connectivity index (χ0n) is 13.3. The van der Waals surface area contributed by atoms with Crippen molar-refractivity contribution in [3.05, 3.63) is 24.3 Å². The molecule has 0 spiro atoms. The molecule has 1 aromatic carbocycles. The SMILES string of the molecule is COc1ccc(N2CCN(CCCCC(C)O)CC2)cc1. The summed E-state index contributed by atoms with van der Waals surface area (Å²) >= 11 is 0. The second-order valence-corrected chi connectivity index (χ2v) is 5.87. The number of piperazine rings is 1. The molecule has 0 amide bonds. The van der Waals surface area contributed by atoms with E-state index in [9.17, 15) is 5.11 Å². The molecule has 1 aliphatic heterocycles. The molecule has 1 N–H and O–H groups in total. The van der Waals surface area contributed by atoms with Crippen LogP contribution in [-0.4, -0.2) is 55.9 Å². The predicted molar refractivity (Wildman–Crippen MR) is 87.2 cm³/mol. The molecule has 2 rings (SSSR count). The van der Waals surface area contributed by atoms with Gasteiger partial charge in [0, 0.05) is 31.9 Å². The second kappa shape index (κ2) is 8.25. The average Bonchev–Trinajstić information content (AvgIpc) is 2.52. The molecule has 118 valence electrons. The molecule has 1 unspecified atom stereocenters. The molecule has 21 heavy (non-hydrogen) atoms. The van der Waals surface area contributed by atoms with Crippen LogP contribution in [0.15, 0.2) is 24.3 Å². The summed E-state index contributed by atoms with van der Waals surface area (Å²) in [6.45, 7) is 7.45. The quantitative estimate of drug-likeness (QED) is 0.783. The first-order chi connectivity index (χ1) is 10.2. The van der Waals surface area contributed by atoms with Crippen LogP contribution in [0.4, 0.5) is 5.69 Å². The maximum Gasteiger partial charge on any atom is 0.119 e. The lowest BCUT2D eigenvalue weighted by Crippen LogP contribution is -2.46. The average molecular weight is 292 g/mol. The van der Waals surface area contributed by atoms with Crippen LogP contribution in [-0.2, 0) is 0 Å². The first-order valence-electron chi connectivity index (χ1n) is 7.98. The molecular formula is C17H28N2O2. The minimum absolute atomic E-state index is 0.156. The summed E-state index contributed by atoms with van der Waals surface area (Å²) in [5.74, 6) is 0.912. The molecule has 1 heterocycles. The molecular weight excluding hydrogens is 264 g/mol. The minimum Gasteiger partial charge on any atom is -0.497 e. The monoisotopic (exact) mass is 292 g/mol. The summed E-state index contributed by atoms with van der Waals surface area (Å²) < 4.78 is 5.20. The number of hydrogen-bond donors (Lipinski definition) is 1. The van der Waals surface area contributed by atoms with E-state index in [-0.39, 0.29) is 6.10 Å². The molecule has 0 bridgehead atoms. The third-order valence-electron chi connectivity index (χ3n) is 4.16. The summed E-state index contributed by atoms with van der Waals surface area (Å²) in [6.07, 6.45) is 3.08. The Morgan fingerprint density at radius 1 is 1.10 bits per heavy atom.